The van der Waals surface area contributed by atoms with Gasteiger partial charge in [0.1, 0.15) is 11.8 Å². The summed E-state index contributed by atoms with van der Waals surface area (Å²) in [6, 6.07) is 16.5. The minimum atomic E-state index is -0.189. The van der Waals surface area contributed by atoms with E-state index in [1.54, 1.807) is 7.11 Å². The van der Waals surface area contributed by atoms with Gasteiger partial charge in [0.15, 0.2) is 0 Å². The van der Waals surface area contributed by atoms with Gasteiger partial charge in [0.05, 0.1) is 30.0 Å². The van der Waals surface area contributed by atoms with E-state index >= 15 is 0 Å². The van der Waals surface area contributed by atoms with Crippen molar-refractivity contribution in [1.29, 1.82) is 5.26 Å². The van der Waals surface area contributed by atoms with E-state index in [9.17, 15) is 10.4 Å². The van der Waals surface area contributed by atoms with Crippen LogP contribution in [0.5, 0.6) is 5.75 Å². The van der Waals surface area contributed by atoms with Gasteiger partial charge in [-0.15, -0.1) is 0 Å². The molecular weight excluding hydrogens is 338 g/mol. The molecule has 0 radical (unpaired) electrons. The monoisotopic (exact) mass is 361 g/mol. The SMILES string of the molecule is COc1ccc2ccn(-c3ccc(C#N)c(N[C@H]4CC[C@H](O)CC4)c3)c2c1. The van der Waals surface area contributed by atoms with Crippen molar-refractivity contribution in [2.45, 2.75) is 37.8 Å². The second kappa shape index (κ2) is 7.34. The smallest absolute Gasteiger partial charge is 0.120 e. The van der Waals surface area contributed by atoms with E-state index in [-0.39, 0.29) is 12.1 Å². The van der Waals surface area contributed by atoms with Crippen molar-refractivity contribution in [3.8, 4) is 17.5 Å². The van der Waals surface area contributed by atoms with E-state index in [2.05, 4.69) is 22.0 Å². The summed E-state index contributed by atoms with van der Waals surface area (Å²) < 4.78 is 7.47. The number of rotatable bonds is 4. The Bertz CT molecular complexity index is 994. The average molecular weight is 361 g/mol. The molecular formula is C22H23N3O2. The first-order valence-electron chi connectivity index (χ1n) is 9.32. The fourth-order valence-corrected chi connectivity index (χ4v) is 3.80. The number of hydrogen-bond acceptors (Lipinski definition) is 4. The van der Waals surface area contributed by atoms with Crippen molar-refractivity contribution in [2.75, 3.05) is 12.4 Å². The second-order valence-electron chi connectivity index (χ2n) is 7.10. The van der Waals surface area contributed by atoms with E-state index in [0.29, 0.717) is 5.56 Å². The zero-order valence-corrected chi connectivity index (χ0v) is 15.4. The van der Waals surface area contributed by atoms with Crippen LogP contribution in [-0.2, 0) is 0 Å². The van der Waals surface area contributed by atoms with Gasteiger partial charge in [-0.1, -0.05) is 0 Å². The third-order valence-electron chi connectivity index (χ3n) is 5.36. The molecule has 1 aliphatic rings. The summed E-state index contributed by atoms with van der Waals surface area (Å²) in [4.78, 5) is 0. The van der Waals surface area contributed by atoms with Gasteiger partial charge in [-0.2, -0.15) is 5.26 Å². The Kier molecular flexibility index (Phi) is 4.74. The van der Waals surface area contributed by atoms with E-state index in [1.165, 1.54) is 0 Å². The third-order valence-corrected chi connectivity index (χ3v) is 5.36. The number of nitriles is 1. The van der Waals surface area contributed by atoms with Gasteiger partial charge in [-0.25, -0.2) is 0 Å². The van der Waals surface area contributed by atoms with Crippen LogP contribution in [0.25, 0.3) is 16.6 Å². The van der Waals surface area contributed by atoms with Crippen LogP contribution in [0.2, 0.25) is 0 Å². The summed E-state index contributed by atoms with van der Waals surface area (Å²) in [5, 5.41) is 23.9. The fraction of sp³-hybridized carbons (Fsp3) is 0.318. The van der Waals surface area contributed by atoms with Gasteiger partial charge in [0.2, 0.25) is 0 Å². The van der Waals surface area contributed by atoms with Crippen molar-refractivity contribution in [3.63, 3.8) is 0 Å². The van der Waals surface area contributed by atoms with Gasteiger partial charge in [0, 0.05) is 29.4 Å². The molecule has 1 fully saturated rings. The highest BCUT2D eigenvalue weighted by atomic mass is 16.5. The molecule has 0 saturated heterocycles. The highest BCUT2D eigenvalue weighted by molar-refractivity contribution is 5.83. The van der Waals surface area contributed by atoms with Crippen molar-refractivity contribution in [3.05, 3.63) is 54.2 Å². The lowest BCUT2D eigenvalue weighted by molar-refractivity contribution is 0.126. The van der Waals surface area contributed by atoms with Crippen molar-refractivity contribution >= 4 is 16.6 Å². The Balaban J connectivity index is 1.69. The lowest BCUT2D eigenvalue weighted by atomic mass is 9.93. The number of nitrogens with zero attached hydrogens (tertiary/aromatic N) is 2. The van der Waals surface area contributed by atoms with Crippen LogP contribution in [0.3, 0.4) is 0 Å². The Labute approximate surface area is 158 Å². The molecule has 0 spiro atoms. The van der Waals surface area contributed by atoms with Gasteiger partial charge in [-0.3, -0.25) is 0 Å². The van der Waals surface area contributed by atoms with E-state index < -0.39 is 0 Å². The van der Waals surface area contributed by atoms with Crippen molar-refractivity contribution in [1.82, 2.24) is 4.57 Å². The lowest BCUT2D eigenvalue weighted by Crippen LogP contribution is -2.28. The maximum atomic E-state index is 9.71. The molecule has 4 rings (SSSR count). The number of aromatic nitrogens is 1. The molecule has 138 valence electrons. The predicted molar refractivity (Wildman–Crippen MR) is 106 cm³/mol. The molecule has 0 atom stereocenters. The Morgan fingerprint density at radius 2 is 1.93 bits per heavy atom. The van der Waals surface area contributed by atoms with Gasteiger partial charge in [0.25, 0.3) is 0 Å². The van der Waals surface area contributed by atoms with Crippen LogP contribution >= 0.6 is 0 Å². The number of ether oxygens (including phenoxy) is 1. The largest absolute Gasteiger partial charge is 0.497 e. The van der Waals surface area contributed by atoms with Crippen LogP contribution in [0.15, 0.2) is 48.7 Å². The summed E-state index contributed by atoms with van der Waals surface area (Å²) in [7, 11) is 1.67. The average Bonchev–Trinajstić information content (AvgIpc) is 3.12. The number of hydrogen-bond donors (Lipinski definition) is 2. The molecule has 0 unspecified atom stereocenters. The summed E-state index contributed by atoms with van der Waals surface area (Å²) in [5.74, 6) is 0.815. The molecule has 3 aromatic rings. The number of aliphatic hydroxyl groups is 1. The molecule has 1 aliphatic carbocycles. The first kappa shape index (κ1) is 17.4. The minimum Gasteiger partial charge on any atom is -0.497 e. The second-order valence-corrected chi connectivity index (χ2v) is 7.10. The van der Waals surface area contributed by atoms with Crippen LogP contribution in [0, 0.1) is 11.3 Å². The highest BCUT2D eigenvalue weighted by Crippen LogP contribution is 2.29. The lowest BCUT2D eigenvalue weighted by Gasteiger charge is -2.27. The van der Waals surface area contributed by atoms with E-state index in [1.807, 2.05) is 42.6 Å². The summed E-state index contributed by atoms with van der Waals surface area (Å²) in [6.45, 7) is 0. The first-order valence-corrected chi connectivity index (χ1v) is 9.32. The summed E-state index contributed by atoms with van der Waals surface area (Å²) in [5.41, 5.74) is 3.54. The highest BCUT2D eigenvalue weighted by Gasteiger charge is 2.20. The molecule has 5 heteroatoms. The quantitative estimate of drug-likeness (QED) is 0.730. The van der Waals surface area contributed by atoms with Crippen LogP contribution in [0.1, 0.15) is 31.2 Å². The molecule has 0 aliphatic heterocycles. The molecule has 1 aromatic heterocycles. The molecule has 1 saturated carbocycles. The third kappa shape index (κ3) is 3.49. The maximum Gasteiger partial charge on any atom is 0.120 e. The maximum absolute atomic E-state index is 9.71. The molecule has 0 bridgehead atoms. The number of methoxy groups -OCH3 is 1. The zero-order valence-electron chi connectivity index (χ0n) is 15.4. The molecule has 1 heterocycles. The van der Waals surface area contributed by atoms with Gasteiger partial charge >= 0.3 is 0 Å². The normalized spacial score (nSPS) is 19.6. The van der Waals surface area contributed by atoms with Gasteiger partial charge in [-0.05, 0) is 62.1 Å². The van der Waals surface area contributed by atoms with Gasteiger partial charge < -0.3 is 19.7 Å². The first-order chi connectivity index (χ1) is 13.2. The topological polar surface area (TPSA) is 70.2 Å². The zero-order chi connectivity index (χ0) is 18.8. The van der Waals surface area contributed by atoms with Crippen LogP contribution in [0.4, 0.5) is 5.69 Å². The molecule has 2 N–H and O–H groups in total. The predicted octanol–water partition coefficient (Wildman–Crippen LogP) is 4.23. The Morgan fingerprint density at radius 1 is 1.11 bits per heavy atom. The molecule has 27 heavy (non-hydrogen) atoms. The molecule has 0 amide bonds. The number of nitrogens with one attached hydrogen (secondary N) is 1. The number of benzene rings is 2. The Hall–Kier alpha value is -2.97. The van der Waals surface area contributed by atoms with Crippen molar-refractivity contribution < 1.29 is 9.84 Å². The fourth-order valence-electron chi connectivity index (χ4n) is 3.80. The van der Waals surface area contributed by atoms with Crippen LogP contribution in [-0.4, -0.2) is 28.9 Å². The Morgan fingerprint density at radius 3 is 2.67 bits per heavy atom. The van der Waals surface area contributed by atoms with Crippen molar-refractivity contribution in [2.24, 2.45) is 0 Å². The standard InChI is InChI=1S/C22H23N3O2/c1-27-20-9-3-15-10-11-25(22(15)13-20)18-6-2-16(14-23)21(12-18)24-17-4-7-19(26)8-5-17/h2-3,6,9-13,17,19,24,26H,4-5,7-8H2,1H3/t17-,19-. The van der Waals surface area contributed by atoms with Crippen LogP contribution < -0.4 is 10.1 Å². The molecule has 2 aromatic carbocycles. The number of anilines is 1. The van der Waals surface area contributed by atoms with E-state index in [4.69, 9.17) is 4.74 Å². The van der Waals surface area contributed by atoms with E-state index in [0.717, 1.165) is 53.7 Å². The molecule has 5 nitrogen and oxygen atoms in total. The summed E-state index contributed by atoms with van der Waals surface area (Å²) in [6.07, 6.45) is 5.29. The number of fused-ring (bicyclic) bond motifs is 1. The number of aliphatic hydroxyl groups excluding tert-OH is 1. The minimum absolute atomic E-state index is 0.189. The summed E-state index contributed by atoms with van der Waals surface area (Å²) >= 11 is 0.